The van der Waals surface area contributed by atoms with Gasteiger partial charge in [0.1, 0.15) is 11.5 Å². The molecule has 1 aliphatic rings. The Morgan fingerprint density at radius 1 is 1.11 bits per heavy atom. The van der Waals surface area contributed by atoms with E-state index in [2.05, 4.69) is 20.3 Å². The van der Waals surface area contributed by atoms with Crippen LogP contribution in [0.25, 0.3) is 0 Å². The van der Waals surface area contributed by atoms with Crippen LogP contribution in [0.5, 0.6) is 11.5 Å². The molecule has 3 rings (SSSR count). The normalized spacial score (nSPS) is 16.6. The van der Waals surface area contributed by atoms with Gasteiger partial charge in [-0.3, -0.25) is 10.1 Å². The highest BCUT2D eigenvalue weighted by Gasteiger charge is 2.24. The minimum absolute atomic E-state index is 0.199. The van der Waals surface area contributed by atoms with E-state index in [0.717, 1.165) is 23.4 Å². The lowest BCUT2D eigenvalue weighted by Gasteiger charge is -2.05. The Kier molecular flexibility index (Phi) is 6.46. The highest BCUT2D eigenvalue weighted by Crippen LogP contribution is 2.24. The van der Waals surface area contributed by atoms with Crippen LogP contribution in [-0.2, 0) is 14.3 Å². The van der Waals surface area contributed by atoms with Gasteiger partial charge in [0.05, 0.1) is 18.2 Å². The first-order valence-electron chi connectivity index (χ1n) is 7.97. The van der Waals surface area contributed by atoms with Crippen molar-refractivity contribution in [2.45, 2.75) is 0 Å². The number of methoxy groups -OCH3 is 1. The van der Waals surface area contributed by atoms with Gasteiger partial charge in [0.2, 0.25) is 0 Å². The number of ether oxygens (including phenoxy) is 2. The van der Waals surface area contributed by atoms with Crippen LogP contribution in [0.3, 0.4) is 0 Å². The van der Waals surface area contributed by atoms with Crippen molar-refractivity contribution in [1.82, 2.24) is 5.32 Å². The van der Waals surface area contributed by atoms with Crippen molar-refractivity contribution in [2.24, 2.45) is 10.2 Å². The zero-order chi connectivity index (χ0) is 19.9. The molecule has 1 fully saturated rings. The zero-order valence-electron chi connectivity index (χ0n) is 14.6. The summed E-state index contributed by atoms with van der Waals surface area (Å²) in [6.45, 7) is 0. The largest absolute Gasteiger partial charge is 0.466 e. The van der Waals surface area contributed by atoms with E-state index in [-0.39, 0.29) is 10.1 Å². The zero-order valence-corrected chi connectivity index (χ0v) is 16.2. The summed E-state index contributed by atoms with van der Waals surface area (Å²) in [4.78, 5) is 23.1. The van der Waals surface area contributed by atoms with Gasteiger partial charge in [0.15, 0.2) is 5.17 Å². The lowest BCUT2D eigenvalue weighted by molar-refractivity contribution is -0.135. The number of thioether (sulfide) groups is 1. The third kappa shape index (κ3) is 5.45. The van der Waals surface area contributed by atoms with Crippen molar-refractivity contribution < 1.29 is 19.1 Å². The second-order valence-electron chi connectivity index (χ2n) is 5.36. The Labute approximate surface area is 170 Å². The third-order valence-electron chi connectivity index (χ3n) is 3.39. The molecule has 2 aromatic rings. The number of hydrogen-bond acceptors (Lipinski definition) is 7. The fraction of sp³-hybridized carbons (Fsp3) is 0.0526. The van der Waals surface area contributed by atoms with Gasteiger partial charge in [0.25, 0.3) is 5.91 Å². The quantitative estimate of drug-likeness (QED) is 0.348. The highest BCUT2D eigenvalue weighted by atomic mass is 35.5. The summed E-state index contributed by atoms with van der Waals surface area (Å²) < 4.78 is 10.2. The number of amides is 1. The van der Waals surface area contributed by atoms with E-state index >= 15 is 0 Å². The van der Waals surface area contributed by atoms with Crippen LogP contribution >= 0.6 is 23.4 Å². The predicted molar refractivity (Wildman–Crippen MR) is 109 cm³/mol. The van der Waals surface area contributed by atoms with Crippen LogP contribution in [0.2, 0.25) is 5.02 Å². The average Bonchev–Trinajstić information content (AvgIpc) is 3.04. The van der Waals surface area contributed by atoms with Crippen LogP contribution in [0, 0.1) is 0 Å². The van der Waals surface area contributed by atoms with Gasteiger partial charge in [-0.25, -0.2) is 4.79 Å². The Hall–Kier alpha value is -3.10. The highest BCUT2D eigenvalue weighted by molar-refractivity contribution is 8.18. The van der Waals surface area contributed by atoms with Crippen LogP contribution < -0.4 is 10.1 Å². The number of hydrogen-bond donors (Lipinski definition) is 1. The van der Waals surface area contributed by atoms with E-state index in [1.807, 2.05) is 12.1 Å². The molecule has 0 aliphatic carbocycles. The Balaban J connectivity index is 1.59. The molecule has 28 heavy (non-hydrogen) atoms. The summed E-state index contributed by atoms with van der Waals surface area (Å²) in [5, 5.41) is 11.3. The molecule has 0 bridgehead atoms. The second-order valence-corrected chi connectivity index (χ2v) is 6.83. The summed E-state index contributed by atoms with van der Waals surface area (Å²) >= 11 is 6.86. The maximum atomic E-state index is 11.7. The molecule has 0 saturated carbocycles. The minimum Gasteiger partial charge on any atom is -0.466 e. The van der Waals surface area contributed by atoms with Crippen molar-refractivity contribution in [1.29, 1.82) is 0 Å². The number of rotatable bonds is 5. The third-order valence-corrected chi connectivity index (χ3v) is 4.54. The number of nitrogens with one attached hydrogen (secondary N) is 1. The molecule has 1 saturated heterocycles. The average molecular weight is 416 g/mol. The summed E-state index contributed by atoms with van der Waals surface area (Å²) in [6, 6.07) is 14.3. The van der Waals surface area contributed by atoms with E-state index in [4.69, 9.17) is 16.3 Å². The number of esters is 1. The number of benzene rings is 2. The van der Waals surface area contributed by atoms with Gasteiger partial charge in [-0.1, -0.05) is 11.6 Å². The van der Waals surface area contributed by atoms with Gasteiger partial charge in [-0.2, -0.15) is 5.10 Å². The molecule has 1 aliphatic heterocycles. The number of carbonyl (C=O) groups is 2. The fourth-order valence-electron chi connectivity index (χ4n) is 2.05. The van der Waals surface area contributed by atoms with Gasteiger partial charge in [0, 0.05) is 11.1 Å². The Bertz CT molecular complexity index is 970. The van der Waals surface area contributed by atoms with Gasteiger partial charge < -0.3 is 9.47 Å². The molecule has 1 amide bonds. The van der Waals surface area contributed by atoms with Crippen molar-refractivity contribution >= 4 is 46.6 Å². The van der Waals surface area contributed by atoms with Crippen LogP contribution in [0.15, 0.2) is 69.7 Å². The van der Waals surface area contributed by atoms with Crippen molar-refractivity contribution in [3.8, 4) is 11.5 Å². The molecular formula is C19H14ClN3O4S. The van der Waals surface area contributed by atoms with Crippen LogP contribution in [0.4, 0.5) is 0 Å². The standard InChI is InChI=1S/C19H14ClN3O4S/c1-26-17(24)10-16-18(25)22-19(28-16)23-21-11-12-2-6-14(7-3-12)27-15-8-4-13(20)5-9-15/h2-11H,1H3,(H,22,23,25)/b16-10+,21-11?. The first-order chi connectivity index (χ1) is 13.5. The summed E-state index contributed by atoms with van der Waals surface area (Å²) in [6.07, 6.45) is 2.64. The Morgan fingerprint density at radius 3 is 2.39 bits per heavy atom. The number of amidine groups is 1. The number of carbonyl (C=O) groups excluding carboxylic acids is 2. The topological polar surface area (TPSA) is 89.3 Å². The molecule has 7 nitrogen and oxygen atoms in total. The fourth-order valence-corrected chi connectivity index (χ4v) is 2.91. The van der Waals surface area contributed by atoms with Crippen molar-refractivity contribution in [3.05, 3.63) is 70.1 Å². The molecule has 0 unspecified atom stereocenters. The Morgan fingerprint density at radius 2 is 1.75 bits per heavy atom. The molecule has 1 N–H and O–H groups in total. The first kappa shape index (κ1) is 19.7. The van der Waals surface area contributed by atoms with E-state index in [0.29, 0.717) is 16.5 Å². The maximum Gasteiger partial charge on any atom is 0.331 e. The molecule has 0 atom stereocenters. The van der Waals surface area contributed by atoms with Gasteiger partial charge in [-0.15, -0.1) is 5.10 Å². The summed E-state index contributed by atoms with van der Waals surface area (Å²) in [7, 11) is 1.24. The smallest absolute Gasteiger partial charge is 0.331 e. The molecule has 142 valence electrons. The van der Waals surface area contributed by atoms with E-state index in [9.17, 15) is 9.59 Å². The maximum absolute atomic E-state index is 11.7. The molecule has 0 radical (unpaired) electrons. The monoisotopic (exact) mass is 415 g/mol. The van der Waals surface area contributed by atoms with E-state index in [1.54, 1.807) is 36.4 Å². The van der Waals surface area contributed by atoms with Crippen LogP contribution in [0.1, 0.15) is 5.56 Å². The SMILES string of the molecule is COC(=O)/C=C1/S/C(=N\N=Cc2ccc(Oc3ccc(Cl)cc3)cc2)NC1=O. The molecule has 2 aromatic carbocycles. The van der Waals surface area contributed by atoms with Gasteiger partial charge in [-0.05, 0) is 65.9 Å². The number of halogens is 1. The lowest BCUT2D eigenvalue weighted by Crippen LogP contribution is -2.19. The minimum atomic E-state index is -0.608. The molecular weight excluding hydrogens is 402 g/mol. The number of nitrogens with zero attached hydrogens (tertiary/aromatic N) is 2. The lowest BCUT2D eigenvalue weighted by atomic mass is 10.2. The molecule has 1 heterocycles. The van der Waals surface area contributed by atoms with E-state index < -0.39 is 11.9 Å². The van der Waals surface area contributed by atoms with Crippen LogP contribution in [-0.4, -0.2) is 30.4 Å². The van der Waals surface area contributed by atoms with Crippen molar-refractivity contribution in [2.75, 3.05) is 7.11 Å². The van der Waals surface area contributed by atoms with E-state index in [1.165, 1.54) is 13.3 Å². The predicted octanol–water partition coefficient (Wildman–Crippen LogP) is 3.74. The van der Waals surface area contributed by atoms with Crippen molar-refractivity contribution in [3.63, 3.8) is 0 Å². The first-order valence-corrected chi connectivity index (χ1v) is 9.16. The summed E-state index contributed by atoms with van der Waals surface area (Å²) in [5.41, 5.74) is 0.799. The molecule has 0 spiro atoms. The molecule has 9 heteroatoms. The second kappa shape index (κ2) is 9.20. The summed E-state index contributed by atoms with van der Waals surface area (Å²) in [5.74, 6) is 0.320. The van der Waals surface area contributed by atoms with Gasteiger partial charge >= 0.3 is 5.97 Å². The molecule has 0 aromatic heterocycles.